The average molecular weight is 365 g/mol. The molecule has 148 valence electrons. The molecule has 1 spiro atoms. The molecule has 0 radical (unpaired) electrons. The van der Waals surface area contributed by atoms with Gasteiger partial charge in [0.15, 0.2) is 0 Å². The van der Waals surface area contributed by atoms with Crippen LogP contribution in [-0.4, -0.2) is 61.0 Å². The largest absolute Gasteiger partial charge is 0.375 e. The van der Waals surface area contributed by atoms with Crippen molar-refractivity contribution in [2.75, 3.05) is 33.8 Å². The van der Waals surface area contributed by atoms with Gasteiger partial charge < -0.3 is 14.5 Å². The zero-order valence-corrected chi connectivity index (χ0v) is 16.7. The van der Waals surface area contributed by atoms with E-state index in [1.165, 1.54) is 25.7 Å². The van der Waals surface area contributed by atoms with Crippen LogP contribution in [0.2, 0.25) is 0 Å². The first-order valence-corrected chi connectivity index (χ1v) is 10.6. The second-order valence-corrected chi connectivity index (χ2v) is 8.95. The molecule has 2 aliphatic heterocycles. The van der Waals surface area contributed by atoms with Crippen molar-refractivity contribution >= 4 is 11.8 Å². The van der Waals surface area contributed by atoms with Gasteiger partial charge in [0.1, 0.15) is 0 Å². The van der Waals surface area contributed by atoms with Gasteiger partial charge >= 0.3 is 0 Å². The first-order valence-electron chi connectivity index (χ1n) is 10.6. The van der Waals surface area contributed by atoms with E-state index in [4.69, 9.17) is 4.74 Å². The molecular formula is C21H36N2O3. The lowest BCUT2D eigenvalue weighted by Crippen LogP contribution is -2.51. The van der Waals surface area contributed by atoms with Crippen LogP contribution in [0.25, 0.3) is 0 Å². The van der Waals surface area contributed by atoms with Crippen LogP contribution in [0.4, 0.5) is 0 Å². The molecule has 1 aliphatic carbocycles. The van der Waals surface area contributed by atoms with Crippen LogP contribution in [0.1, 0.15) is 70.6 Å². The summed E-state index contributed by atoms with van der Waals surface area (Å²) in [7, 11) is 3.65. The van der Waals surface area contributed by atoms with Crippen LogP contribution in [0.5, 0.6) is 0 Å². The number of carbonyl (C=O) groups excluding carboxylic acids is 2. The Balaban J connectivity index is 1.44. The van der Waals surface area contributed by atoms with Crippen LogP contribution in [-0.2, 0) is 14.3 Å². The molecule has 1 atom stereocenters. The summed E-state index contributed by atoms with van der Waals surface area (Å²) in [6.45, 7) is 2.39. The fraction of sp³-hybridized carbons (Fsp3) is 0.905. The summed E-state index contributed by atoms with van der Waals surface area (Å²) in [5.41, 5.74) is -0.0995. The Morgan fingerprint density at radius 3 is 2.42 bits per heavy atom. The minimum atomic E-state index is -0.0995. The van der Waals surface area contributed by atoms with Gasteiger partial charge in [0, 0.05) is 46.6 Å². The first-order chi connectivity index (χ1) is 12.5. The van der Waals surface area contributed by atoms with Crippen molar-refractivity contribution in [2.45, 2.75) is 76.2 Å². The zero-order valence-electron chi connectivity index (χ0n) is 16.7. The second kappa shape index (κ2) is 8.73. The van der Waals surface area contributed by atoms with Gasteiger partial charge in [-0.1, -0.05) is 25.7 Å². The van der Waals surface area contributed by atoms with Crippen molar-refractivity contribution in [3.63, 3.8) is 0 Å². The molecule has 0 bridgehead atoms. The fourth-order valence-corrected chi connectivity index (χ4v) is 5.03. The van der Waals surface area contributed by atoms with E-state index in [1.807, 2.05) is 14.1 Å². The number of carbonyl (C=O) groups is 2. The lowest BCUT2D eigenvalue weighted by atomic mass is 9.78. The van der Waals surface area contributed by atoms with Gasteiger partial charge in [0.25, 0.3) is 0 Å². The number of hydrogen-bond donors (Lipinski definition) is 0. The summed E-state index contributed by atoms with van der Waals surface area (Å²) in [5.74, 6) is 1.75. The van der Waals surface area contributed by atoms with E-state index in [9.17, 15) is 9.59 Å². The Kier molecular flexibility index (Phi) is 6.60. The summed E-state index contributed by atoms with van der Waals surface area (Å²) in [6.07, 6.45) is 11.5. The summed E-state index contributed by atoms with van der Waals surface area (Å²) < 4.78 is 6.19. The molecule has 26 heavy (non-hydrogen) atoms. The molecule has 2 amide bonds. The number of likely N-dealkylation sites (tertiary alicyclic amines) is 1. The quantitative estimate of drug-likeness (QED) is 0.753. The zero-order chi connectivity index (χ0) is 18.6. The third-order valence-corrected chi connectivity index (χ3v) is 6.83. The third-order valence-electron chi connectivity index (χ3n) is 6.83. The highest BCUT2D eigenvalue weighted by Gasteiger charge is 2.41. The average Bonchev–Trinajstić information content (AvgIpc) is 3.14. The van der Waals surface area contributed by atoms with Gasteiger partial charge in [-0.05, 0) is 43.9 Å². The molecule has 2 saturated heterocycles. The van der Waals surface area contributed by atoms with Crippen molar-refractivity contribution in [3.05, 3.63) is 0 Å². The highest BCUT2D eigenvalue weighted by atomic mass is 16.5. The van der Waals surface area contributed by atoms with Crippen molar-refractivity contribution < 1.29 is 14.3 Å². The Labute approximate surface area is 158 Å². The van der Waals surface area contributed by atoms with Gasteiger partial charge in [-0.2, -0.15) is 0 Å². The molecule has 5 nitrogen and oxygen atoms in total. The molecule has 3 aliphatic rings. The van der Waals surface area contributed by atoms with E-state index in [-0.39, 0.29) is 11.5 Å². The topological polar surface area (TPSA) is 49.9 Å². The van der Waals surface area contributed by atoms with Gasteiger partial charge in [-0.3, -0.25) is 9.59 Å². The molecule has 5 heteroatoms. The van der Waals surface area contributed by atoms with E-state index < -0.39 is 0 Å². The van der Waals surface area contributed by atoms with E-state index in [0.29, 0.717) is 18.2 Å². The number of hydrogen-bond acceptors (Lipinski definition) is 3. The maximum Gasteiger partial charge on any atom is 0.222 e. The minimum absolute atomic E-state index is 0.0995. The monoisotopic (exact) mass is 364 g/mol. The second-order valence-electron chi connectivity index (χ2n) is 8.95. The smallest absolute Gasteiger partial charge is 0.222 e. The number of ether oxygens (including phenoxy) is 1. The normalized spacial score (nSPS) is 26.2. The van der Waals surface area contributed by atoms with Crippen molar-refractivity contribution in [3.8, 4) is 0 Å². The number of piperidine rings is 1. The molecule has 0 aromatic rings. The first kappa shape index (κ1) is 19.7. The summed E-state index contributed by atoms with van der Waals surface area (Å²) in [6, 6.07) is 0. The fourth-order valence-electron chi connectivity index (χ4n) is 5.03. The van der Waals surface area contributed by atoms with E-state index in [2.05, 4.69) is 4.90 Å². The molecular weight excluding hydrogens is 328 g/mol. The highest BCUT2D eigenvalue weighted by molar-refractivity contribution is 5.76. The number of amides is 2. The molecule has 1 saturated carbocycles. The summed E-state index contributed by atoms with van der Waals surface area (Å²) >= 11 is 0. The minimum Gasteiger partial charge on any atom is -0.375 e. The Morgan fingerprint density at radius 1 is 1.08 bits per heavy atom. The van der Waals surface area contributed by atoms with E-state index in [1.54, 1.807) is 4.90 Å². The summed E-state index contributed by atoms with van der Waals surface area (Å²) in [5, 5.41) is 0. The number of nitrogens with zero attached hydrogens (tertiary/aromatic N) is 2. The highest BCUT2D eigenvalue weighted by Crippen LogP contribution is 2.39. The number of rotatable bonds is 5. The van der Waals surface area contributed by atoms with Gasteiger partial charge in [0.05, 0.1) is 5.60 Å². The molecule has 0 N–H and O–H groups in total. The van der Waals surface area contributed by atoms with Gasteiger partial charge in [-0.15, -0.1) is 0 Å². The SMILES string of the molecule is CN(C)C(=O)CC1CCOC2(CCN(C(=O)CCC3CCCC3)CC2)C1. The van der Waals surface area contributed by atoms with E-state index >= 15 is 0 Å². The molecule has 3 fully saturated rings. The summed E-state index contributed by atoms with van der Waals surface area (Å²) in [4.78, 5) is 28.3. The van der Waals surface area contributed by atoms with Crippen LogP contribution >= 0.6 is 0 Å². The third kappa shape index (κ3) is 4.99. The predicted molar refractivity (Wildman–Crippen MR) is 102 cm³/mol. The Morgan fingerprint density at radius 2 is 1.77 bits per heavy atom. The van der Waals surface area contributed by atoms with Crippen molar-refractivity contribution in [1.82, 2.24) is 9.80 Å². The maximum atomic E-state index is 12.5. The Bertz CT molecular complexity index is 491. The lowest BCUT2D eigenvalue weighted by Gasteiger charge is -2.46. The van der Waals surface area contributed by atoms with Crippen LogP contribution < -0.4 is 0 Å². The standard InChI is InChI=1S/C21H36N2O3/c1-22(2)20(25)15-18-9-14-26-21(16-18)10-12-23(13-11-21)19(24)8-7-17-5-3-4-6-17/h17-18H,3-16H2,1-2H3. The van der Waals surface area contributed by atoms with Gasteiger partial charge in [-0.25, -0.2) is 0 Å². The van der Waals surface area contributed by atoms with Crippen LogP contribution in [0, 0.1) is 11.8 Å². The molecule has 1 unspecified atom stereocenters. The van der Waals surface area contributed by atoms with Crippen molar-refractivity contribution in [2.24, 2.45) is 11.8 Å². The molecule has 2 heterocycles. The molecule has 0 aromatic heterocycles. The van der Waals surface area contributed by atoms with Gasteiger partial charge in [0.2, 0.25) is 11.8 Å². The predicted octanol–water partition coefficient (Wildman–Crippen LogP) is 3.22. The van der Waals surface area contributed by atoms with Crippen molar-refractivity contribution in [1.29, 1.82) is 0 Å². The molecule has 3 rings (SSSR count). The van der Waals surface area contributed by atoms with Crippen LogP contribution in [0.3, 0.4) is 0 Å². The van der Waals surface area contributed by atoms with Crippen LogP contribution in [0.15, 0.2) is 0 Å². The molecule has 0 aromatic carbocycles. The van der Waals surface area contributed by atoms with E-state index in [0.717, 1.165) is 64.1 Å². The maximum absolute atomic E-state index is 12.5. The Hall–Kier alpha value is -1.10. The lowest BCUT2D eigenvalue weighted by molar-refractivity contribution is -0.149.